The van der Waals surface area contributed by atoms with Crippen LogP contribution in [0.5, 0.6) is 0 Å². The van der Waals surface area contributed by atoms with E-state index in [0.29, 0.717) is 6.61 Å². The van der Waals surface area contributed by atoms with E-state index in [1.165, 1.54) is 4.57 Å². The molecule has 0 saturated heterocycles. The van der Waals surface area contributed by atoms with Crippen LogP contribution < -0.4 is 5.32 Å². The van der Waals surface area contributed by atoms with Crippen LogP contribution in [0.2, 0.25) is 10.3 Å². The van der Waals surface area contributed by atoms with E-state index >= 15 is 0 Å². The number of nitrogens with zero attached hydrogens (tertiary/aromatic N) is 2. The Morgan fingerprint density at radius 1 is 1.44 bits per heavy atom. The molecule has 7 heteroatoms. The molecule has 0 fully saturated rings. The molecule has 0 spiro atoms. The fourth-order valence-electron chi connectivity index (χ4n) is 1.27. The van der Waals surface area contributed by atoms with Crippen molar-refractivity contribution in [2.75, 3.05) is 6.61 Å². The number of halogens is 2. The van der Waals surface area contributed by atoms with Gasteiger partial charge in [0.2, 0.25) is 5.82 Å². The van der Waals surface area contributed by atoms with Gasteiger partial charge in [0, 0.05) is 12.1 Å². The van der Waals surface area contributed by atoms with Crippen molar-refractivity contribution in [2.24, 2.45) is 0 Å². The third-order valence-corrected chi connectivity index (χ3v) is 2.73. The lowest BCUT2D eigenvalue weighted by atomic mass is 10.1. The quantitative estimate of drug-likeness (QED) is 0.929. The average Bonchev–Trinajstić information content (AvgIpc) is 2.51. The molecule has 0 bridgehead atoms. The number of nitrogens with one attached hydrogen (secondary N) is 1. The highest BCUT2D eigenvalue weighted by molar-refractivity contribution is 6.40. The van der Waals surface area contributed by atoms with Crippen LogP contribution in [0, 0.1) is 0 Å². The molecule has 1 heterocycles. The lowest BCUT2D eigenvalue weighted by Crippen LogP contribution is -2.41. The van der Waals surface area contributed by atoms with Crippen molar-refractivity contribution in [1.29, 1.82) is 0 Å². The van der Waals surface area contributed by atoms with E-state index in [-0.39, 0.29) is 34.3 Å². The summed E-state index contributed by atoms with van der Waals surface area (Å²) < 4.78 is 6.67. The molecule has 1 amide bonds. The molecule has 0 unspecified atom stereocenters. The summed E-state index contributed by atoms with van der Waals surface area (Å²) in [6.45, 7) is 8.13. The highest BCUT2D eigenvalue weighted by Gasteiger charge is 2.23. The van der Waals surface area contributed by atoms with Gasteiger partial charge in [-0.05, 0) is 27.7 Å². The standard InChI is InChI=1S/C11H17Cl2N3O2/c1-5-18-6-16-8(13)7(12)14-9(16)10(17)15-11(2,3)4/h5-6H2,1-4H3,(H,15,17). The second kappa shape index (κ2) is 5.91. The fourth-order valence-corrected chi connectivity index (χ4v) is 1.63. The van der Waals surface area contributed by atoms with Gasteiger partial charge in [-0.2, -0.15) is 0 Å². The van der Waals surface area contributed by atoms with Crippen molar-refractivity contribution in [2.45, 2.75) is 40.0 Å². The van der Waals surface area contributed by atoms with Crippen LogP contribution in [0.1, 0.15) is 38.3 Å². The van der Waals surface area contributed by atoms with Gasteiger partial charge in [0.15, 0.2) is 5.15 Å². The summed E-state index contributed by atoms with van der Waals surface area (Å²) >= 11 is 11.8. The maximum atomic E-state index is 12.0. The minimum Gasteiger partial charge on any atom is -0.361 e. The Kier molecular flexibility index (Phi) is 5.01. The lowest BCUT2D eigenvalue weighted by molar-refractivity contribution is 0.0773. The van der Waals surface area contributed by atoms with Gasteiger partial charge in [0.05, 0.1) is 0 Å². The van der Waals surface area contributed by atoms with Gasteiger partial charge in [0.25, 0.3) is 5.91 Å². The van der Waals surface area contributed by atoms with E-state index in [1.54, 1.807) is 0 Å². The molecule has 0 radical (unpaired) electrons. The smallest absolute Gasteiger partial charge is 0.287 e. The molecule has 0 aliphatic heterocycles. The normalized spacial score (nSPS) is 11.7. The third-order valence-electron chi connectivity index (χ3n) is 1.98. The summed E-state index contributed by atoms with van der Waals surface area (Å²) in [7, 11) is 0. The number of imidazole rings is 1. The maximum absolute atomic E-state index is 12.0. The largest absolute Gasteiger partial charge is 0.361 e. The summed E-state index contributed by atoms with van der Waals surface area (Å²) in [5, 5.41) is 3.09. The fraction of sp³-hybridized carbons (Fsp3) is 0.636. The van der Waals surface area contributed by atoms with Gasteiger partial charge in [0.1, 0.15) is 11.9 Å². The van der Waals surface area contributed by atoms with Crippen LogP contribution in [0.4, 0.5) is 0 Å². The maximum Gasteiger partial charge on any atom is 0.287 e. The number of ether oxygens (including phenoxy) is 1. The molecule has 0 aliphatic rings. The van der Waals surface area contributed by atoms with Gasteiger partial charge < -0.3 is 10.1 Å². The number of amides is 1. The molecule has 1 aromatic heterocycles. The van der Waals surface area contributed by atoms with Crippen LogP contribution in [0.15, 0.2) is 0 Å². The van der Waals surface area contributed by atoms with E-state index in [9.17, 15) is 4.79 Å². The molecule has 0 atom stereocenters. The molecule has 5 nitrogen and oxygen atoms in total. The summed E-state index contributed by atoms with van der Waals surface area (Å²) in [6.07, 6.45) is 0. The number of hydrogen-bond acceptors (Lipinski definition) is 3. The van der Waals surface area contributed by atoms with Crippen LogP contribution in [-0.4, -0.2) is 27.6 Å². The van der Waals surface area contributed by atoms with E-state index in [1.807, 2.05) is 27.7 Å². The highest BCUT2D eigenvalue weighted by Crippen LogP contribution is 2.23. The zero-order valence-electron chi connectivity index (χ0n) is 10.9. The third kappa shape index (κ3) is 3.86. The zero-order chi connectivity index (χ0) is 13.9. The summed E-state index contributed by atoms with van der Waals surface area (Å²) in [6, 6.07) is 0. The SMILES string of the molecule is CCOCn1c(C(=O)NC(C)(C)C)nc(Cl)c1Cl. The van der Waals surface area contributed by atoms with Gasteiger partial charge in [-0.25, -0.2) is 4.98 Å². The molecular weight excluding hydrogens is 277 g/mol. The van der Waals surface area contributed by atoms with E-state index in [0.717, 1.165) is 0 Å². The minimum absolute atomic E-state index is 0.0930. The first kappa shape index (κ1) is 15.3. The topological polar surface area (TPSA) is 56.1 Å². The molecule has 18 heavy (non-hydrogen) atoms. The summed E-state index contributed by atoms with van der Waals surface area (Å²) in [5.41, 5.74) is -0.363. The van der Waals surface area contributed by atoms with Gasteiger partial charge in [-0.15, -0.1) is 0 Å². The van der Waals surface area contributed by atoms with Crippen molar-refractivity contribution in [3.63, 3.8) is 0 Å². The lowest BCUT2D eigenvalue weighted by Gasteiger charge is -2.20. The number of rotatable bonds is 4. The number of carbonyl (C=O) groups excluding carboxylic acids is 1. The van der Waals surface area contributed by atoms with Crippen molar-refractivity contribution in [3.8, 4) is 0 Å². The van der Waals surface area contributed by atoms with Crippen molar-refractivity contribution in [3.05, 3.63) is 16.1 Å². The average molecular weight is 294 g/mol. The first-order chi connectivity index (χ1) is 8.26. The van der Waals surface area contributed by atoms with Crippen molar-refractivity contribution in [1.82, 2.24) is 14.9 Å². The molecule has 102 valence electrons. The summed E-state index contributed by atoms with van der Waals surface area (Å²) in [4.78, 5) is 16.0. The predicted octanol–water partition coefficient (Wildman–Crippen LogP) is 2.71. The molecule has 0 aliphatic carbocycles. The molecule has 1 N–H and O–H groups in total. The van der Waals surface area contributed by atoms with Gasteiger partial charge >= 0.3 is 0 Å². The van der Waals surface area contributed by atoms with Gasteiger partial charge in [-0.3, -0.25) is 9.36 Å². The van der Waals surface area contributed by atoms with Crippen LogP contribution >= 0.6 is 23.2 Å². The van der Waals surface area contributed by atoms with Crippen LogP contribution in [0.3, 0.4) is 0 Å². The van der Waals surface area contributed by atoms with Crippen molar-refractivity contribution < 1.29 is 9.53 Å². The highest BCUT2D eigenvalue weighted by atomic mass is 35.5. The Bertz CT molecular complexity index is 438. The Morgan fingerprint density at radius 2 is 2.06 bits per heavy atom. The van der Waals surface area contributed by atoms with E-state index in [4.69, 9.17) is 27.9 Å². The predicted molar refractivity (Wildman–Crippen MR) is 71.1 cm³/mol. The molecule has 1 aromatic rings. The van der Waals surface area contributed by atoms with Gasteiger partial charge in [-0.1, -0.05) is 23.2 Å². The van der Waals surface area contributed by atoms with E-state index < -0.39 is 0 Å². The minimum atomic E-state index is -0.363. The second-order valence-electron chi connectivity index (χ2n) is 4.77. The van der Waals surface area contributed by atoms with E-state index in [2.05, 4.69) is 10.3 Å². The first-order valence-corrected chi connectivity index (χ1v) is 6.33. The number of aromatic nitrogens is 2. The summed E-state index contributed by atoms with van der Waals surface area (Å²) in [5.74, 6) is -0.190. The second-order valence-corrected chi connectivity index (χ2v) is 5.49. The zero-order valence-corrected chi connectivity index (χ0v) is 12.4. The number of carbonyl (C=O) groups is 1. The Balaban J connectivity index is 3.00. The molecular formula is C11H17Cl2N3O2. The Morgan fingerprint density at radius 3 is 2.56 bits per heavy atom. The number of hydrogen-bond donors (Lipinski definition) is 1. The van der Waals surface area contributed by atoms with Crippen LogP contribution in [0.25, 0.3) is 0 Å². The Hall–Kier alpha value is -0.780. The van der Waals surface area contributed by atoms with Crippen molar-refractivity contribution >= 4 is 29.1 Å². The Labute approximate surface area is 116 Å². The first-order valence-electron chi connectivity index (χ1n) is 5.58. The van der Waals surface area contributed by atoms with Crippen LogP contribution in [-0.2, 0) is 11.5 Å². The molecule has 1 rings (SSSR count). The molecule has 0 aromatic carbocycles. The monoisotopic (exact) mass is 293 g/mol. The molecule has 0 saturated carbocycles.